The molecule has 5 nitrogen and oxygen atoms in total. The second-order valence-corrected chi connectivity index (χ2v) is 6.06. The average molecular weight is 299 g/mol. The Hall–Kier alpha value is -1.00. The van der Waals surface area contributed by atoms with Crippen molar-refractivity contribution < 1.29 is 19.1 Å². The Kier molecular flexibility index (Phi) is 6.08. The lowest BCUT2D eigenvalue weighted by molar-refractivity contribution is -0.118. The van der Waals surface area contributed by atoms with Crippen molar-refractivity contribution in [3.63, 3.8) is 0 Å². The van der Waals surface area contributed by atoms with Crippen LogP contribution in [0.4, 0.5) is 0 Å². The number of nitrogens with zero attached hydrogens (tertiary/aromatic N) is 1. The molecule has 1 aliphatic rings. The quantitative estimate of drug-likeness (QED) is 0.839. The van der Waals surface area contributed by atoms with Crippen molar-refractivity contribution in [3.05, 3.63) is 35.9 Å². The number of hydrogen-bond donors (Lipinski definition) is 2. The zero-order valence-corrected chi connectivity index (χ0v) is 13.0. The normalized spacial score (nSPS) is 23.4. The molecule has 0 radical (unpaired) electrons. The van der Waals surface area contributed by atoms with E-state index in [4.69, 9.17) is 0 Å². The molecule has 1 aromatic rings. The fraction of sp³-hybridized carbons (Fsp3) is 0.500. The highest BCUT2D eigenvalue weighted by atomic mass is 31.2. The predicted octanol–water partition coefficient (Wildman–Crippen LogP) is 2.55. The molecule has 1 fully saturated rings. The topological polar surface area (TPSA) is 77.8 Å². The van der Waals surface area contributed by atoms with Gasteiger partial charge >= 0.3 is 7.60 Å². The highest BCUT2D eigenvalue weighted by Crippen LogP contribution is 2.51. The Morgan fingerprint density at radius 1 is 1.25 bits per heavy atom. The van der Waals surface area contributed by atoms with Gasteiger partial charge in [0.1, 0.15) is 0 Å². The van der Waals surface area contributed by atoms with E-state index in [1.807, 2.05) is 44.2 Å². The number of Topliss-reactive ketones (excluding diaryl/α,β-unsaturated/α-hetero) is 1. The first-order valence-electron chi connectivity index (χ1n) is 6.83. The molecular formula is C14H22NO4P. The number of carbonyl (C=O) groups is 1. The van der Waals surface area contributed by atoms with E-state index in [-0.39, 0.29) is 18.2 Å². The van der Waals surface area contributed by atoms with Crippen LogP contribution in [0.2, 0.25) is 0 Å². The summed E-state index contributed by atoms with van der Waals surface area (Å²) in [6, 6.07) is 9.11. The van der Waals surface area contributed by atoms with E-state index >= 15 is 0 Å². The molecule has 1 heterocycles. The van der Waals surface area contributed by atoms with Gasteiger partial charge in [-0.25, -0.2) is 0 Å². The van der Waals surface area contributed by atoms with Crippen molar-refractivity contribution in [1.82, 2.24) is 4.90 Å². The summed E-state index contributed by atoms with van der Waals surface area (Å²) in [5.41, 5.74) is 0.920. The Morgan fingerprint density at radius 2 is 1.80 bits per heavy atom. The zero-order chi connectivity index (χ0) is 15.3. The third kappa shape index (κ3) is 3.55. The van der Waals surface area contributed by atoms with Crippen molar-refractivity contribution in [2.24, 2.45) is 0 Å². The molecule has 112 valence electrons. The van der Waals surface area contributed by atoms with E-state index in [1.165, 1.54) is 0 Å². The van der Waals surface area contributed by atoms with Gasteiger partial charge in [-0.15, -0.1) is 0 Å². The number of likely N-dealkylation sites (tertiary alicyclic amines) is 1. The van der Waals surface area contributed by atoms with E-state index in [0.29, 0.717) is 6.54 Å². The largest absolute Gasteiger partial charge is 0.350 e. The molecule has 2 N–H and O–H groups in total. The Labute approximate surface area is 119 Å². The standard InChI is InChI=1S/C12H16NO4P.C2H6/c1-2-13-10(9-6-4-3-5-7-9)8-11(14)12(13)18(15,16)17;1-2/h3-7,10,12H,2,8H2,1H3,(H2,15,16,17);1-2H3. The minimum Gasteiger partial charge on any atom is -0.323 e. The first-order chi connectivity index (χ1) is 9.45. The fourth-order valence-electron chi connectivity index (χ4n) is 2.53. The number of benzene rings is 1. The summed E-state index contributed by atoms with van der Waals surface area (Å²) in [5, 5.41) is 0. The van der Waals surface area contributed by atoms with E-state index in [2.05, 4.69) is 0 Å². The summed E-state index contributed by atoms with van der Waals surface area (Å²) in [5.74, 6) is -1.66. The van der Waals surface area contributed by atoms with Gasteiger partial charge in [0, 0.05) is 12.5 Å². The Bertz CT molecular complexity index is 485. The Morgan fingerprint density at radius 3 is 2.25 bits per heavy atom. The lowest BCUT2D eigenvalue weighted by Crippen LogP contribution is -2.34. The maximum absolute atomic E-state index is 11.8. The van der Waals surface area contributed by atoms with Gasteiger partial charge in [0.05, 0.1) is 0 Å². The molecule has 0 aromatic heterocycles. The highest BCUT2D eigenvalue weighted by molar-refractivity contribution is 7.53. The van der Waals surface area contributed by atoms with Crippen LogP contribution < -0.4 is 0 Å². The maximum atomic E-state index is 11.8. The molecule has 1 aromatic carbocycles. The monoisotopic (exact) mass is 299 g/mol. The van der Waals surface area contributed by atoms with Crippen molar-refractivity contribution in [2.45, 2.75) is 39.0 Å². The summed E-state index contributed by atoms with van der Waals surface area (Å²) in [6.45, 7) is 6.23. The number of likely N-dealkylation sites (N-methyl/N-ethyl adjacent to an activating group) is 1. The third-order valence-electron chi connectivity index (χ3n) is 3.27. The van der Waals surface area contributed by atoms with Gasteiger partial charge in [-0.2, -0.15) is 0 Å². The summed E-state index contributed by atoms with van der Waals surface area (Å²) in [4.78, 5) is 32.0. The van der Waals surface area contributed by atoms with Crippen molar-refractivity contribution in [2.75, 3.05) is 6.54 Å². The van der Waals surface area contributed by atoms with Crippen LogP contribution >= 0.6 is 7.60 Å². The average Bonchev–Trinajstić information content (AvgIpc) is 2.78. The van der Waals surface area contributed by atoms with E-state index in [1.54, 1.807) is 11.8 Å². The van der Waals surface area contributed by atoms with Gasteiger partial charge in [0.25, 0.3) is 0 Å². The predicted molar refractivity (Wildman–Crippen MR) is 78.4 cm³/mol. The van der Waals surface area contributed by atoms with E-state index < -0.39 is 13.4 Å². The van der Waals surface area contributed by atoms with Crippen LogP contribution in [0.15, 0.2) is 30.3 Å². The molecule has 2 rings (SSSR count). The van der Waals surface area contributed by atoms with Crippen LogP contribution in [0, 0.1) is 0 Å². The molecule has 2 atom stereocenters. The molecule has 2 unspecified atom stereocenters. The van der Waals surface area contributed by atoms with Crippen molar-refractivity contribution in [1.29, 1.82) is 0 Å². The molecule has 0 bridgehead atoms. The van der Waals surface area contributed by atoms with Gasteiger partial charge in [-0.3, -0.25) is 14.3 Å². The Balaban J connectivity index is 0.000000956. The molecule has 0 aliphatic carbocycles. The molecule has 0 saturated carbocycles. The van der Waals surface area contributed by atoms with Gasteiger partial charge in [-0.1, -0.05) is 51.1 Å². The van der Waals surface area contributed by atoms with Crippen LogP contribution in [0.3, 0.4) is 0 Å². The molecule has 6 heteroatoms. The first-order valence-corrected chi connectivity index (χ1v) is 8.52. The number of ketones is 1. The second-order valence-electron chi connectivity index (χ2n) is 4.39. The minimum absolute atomic E-state index is 0.160. The first kappa shape index (κ1) is 17.1. The molecule has 0 amide bonds. The van der Waals surface area contributed by atoms with Gasteiger partial charge in [0.15, 0.2) is 11.6 Å². The lowest BCUT2D eigenvalue weighted by atomic mass is 10.0. The van der Waals surface area contributed by atoms with Crippen LogP contribution in [0.1, 0.15) is 38.8 Å². The number of hydrogen-bond acceptors (Lipinski definition) is 3. The van der Waals surface area contributed by atoms with Crippen LogP contribution in [0.5, 0.6) is 0 Å². The fourth-order valence-corrected chi connectivity index (χ4v) is 3.72. The molecular weight excluding hydrogens is 277 g/mol. The van der Waals surface area contributed by atoms with E-state index in [0.717, 1.165) is 5.56 Å². The summed E-state index contributed by atoms with van der Waals surface area (Å²) in [6.07, 6.45) is 0.160. The van der Waals surface area contributed by atoms with Crippen molar-refractivity contribution >= 4 is 13.4 Å². The minimum atomic E-state index is -4.42. The van der Waals surface area contributed by atoms with Crippen LogP contribution in [0.25, 0.3) is 0 Å². The number of carbonyl (C=O) groups excluding carboxylic acids is 1. The smallest absolute Gasteiger partial charge is 0.323 e. The molecule has 0 spiro atoms. The van der Waals surface area contributed by atoms with E-state index in [9.17, 15) is 19.1 Å². The SMILES string of the molecule is CC.CCN1C(c2ccccc2)CC(=O)C1P(=O)(O)O. The van der Waals surface area contributed by atoms with Crippen LogP contribution in [-0.4, -0.2) is 32.8 Å². The van der Waals surface area contributed by atoms with Gasteiger partial charge in [0.2, 0.25) is 0 Å². The third-order valence-corrected chi connectivity index (χ3v) is 4.49. The summed E-state index contributed by atoms with van der Waals surface area (Å²) in [7, 11) is -4.42. The molecule has 1 aliphatic heterocycles. The van der Waals surface area contributed by atoms with Gasteiger partial charge < -0.3 is 9.79 Å². The molecule has 1 saturated heterocycles. The zero-order valence-electron chi connectivity index (χ0n) is 12.1. The van der Waals surface area contributed by atoms with Crippen molar-refractivity contribution in [3.8, 4) is 0 Å². The second kappa shape index (κ2) is 7.14. The molecule has 20 heavy (non-hydrogen) atoms. The summed E-state index contributed by atoms with van der Waals surface area (Å²) >= 11 is 0. The highest BCUT2D eigenvalue weighted by Gasteiger charge is 2.49. The summed E-state index contributed by atoms with van der Waals surface area (Å²) < 4.78 is 11.4. The van der Waals surface area contributed by atoms with Gasteiger partial charge in [-0.05, 0) is 12.1 Å². The lowest BCUT2D eigenvalue weighted by Gasteiger charge is -2.28. The van der Waals surface area contributed by atoms with Crippen LogP contribution in [-0.2, 0) is 9.36 Å². The number of rotatable bonds is 3. The maximum Gasteiger partial charge on any atom is 0.350 e.